The van der Waals surface area contributed by atoms with Gasteiger partial charge in [-0.15, -0.1) is 0 Å². The van der Waals surface area contributed by atoms with Gasteiger partial charge >= 0.3 is 0 Å². The number of rotatable bonds is 4. The molecule has 1 amide bonds. The van der Waals surface area contributed by atoms with Crippen LogP contribution in [0.1, 0.15) is 22.5 Å². The van der Waals surface area contributed by atoms with Crippen LogP contribution < -0.4 is 10.6 Å². The molecule has 1 aliphatic carbocycles. The van der Waals surface area contributed by atoms with Gasteiger partial charge in [0.25, 0.3) is 5.91 Å². The molecule has 0 bridgehead atoms. The van der Waals surface area contributed by atoms with Crippen molar-refractivity contribution in [2.45, 2.75) is 18.9 Å². The Morgan fingerprint density at radius 1 is 1.56 bits per heavy atom. The van der Waals surface area contributed by atoms with E-state index >= 15 is 0 Å². The standard InChI is InChI=1S/C11H13N5OS/c1-16-9(4-5-13-16)15-11-12-6-8(18-11)10(17)14-7-2-3-7/h4-7H,2-3H2,1H3,(H,12,15)(H,14,17). The predicted octanol–water partition coefficient (Wildman–Crippen LogP) is 1.51. The summed E-state index contributed by atoms with van der Waals surface area (Å²) < 4.78 is 1.71. The molecule has 0 aliphatic heterocycles. The lowest BCUT2D eigenvalue weighted by Gasteiger charge is -2.01. The highest BCUT2D eigenvalue weighted by Gasteiger charge is 2.24. The van der Waals surface area contributed by atoms with Crippen LogP contribution in [0, 0.1) is 0 Å². The first-order valence-corrected chi connectivity index (χ1v) is 6.56. The van der Waals surface area contributed by atoms with Crippen LogP contribution in [-0.2, 0) is 7.05 Å². The molecule has 0 saturated heterocycles. The number of aryl methyl sites for hydroxylation is 1. The summed E-state index contributed by atoms with van der Waals surface area (Å²) in [5.41, 5.74) is 0. The van der Waals surface area contributed by atoms with Gasteiger partial charge in [-0.25, -0.2) is 4.98 Å². The Morgan fingerprint density at radius 3 is 3.06 bits per heavy atom. The summed E-state index contributed by atoms with van der Waals surface area (Å²) in [7, 11) is 1.84. The molecular formula is C11H13N5OS. The van der Waals surface area contributed by atoms with Crippen molar-refractivity contribution in [2.75, 3.05) is 5.32 Å². The minimum absolute atomic E-state index is 0.0342. The second-order valence-electron chi connectivity index (χ2n) is 4.24. The third kappa shape index (κ3) is 2.35. The number of nitrogens with zero attached hydrogens (tertiary/aromatic N) is 3. The monoisotopic (exact) mass is 263 g/mol. The van der Waals surface area contributed by atoms with Crippen LogP contribution >= 0.6 is 11.3 Å². The lowest BCUT2D eigenvalue weighted by Crippen LogP contribution is -2.24. The van der Waals surface area contributed by atoms with Crippen molar-refractivity contribution in [2.24, 2.45) is 7.05 Å². The van der Waals surface area contributed by atoms with Crippen molar-refractivity contribution in [1.82, 2.24) is 20.1 Å². The van der Waals surface area contributed by atoms with Gasteiger partial charge in [-0.05, 0) is 12.8 Å². The van der Waals surface area contributed by atoms with Crippen LogP contribution in [0.25, 0.3) is 0 Å². The number of anilines is 2. The second kappa shape index (κ2) is 4.41. The topological polar surface area (TPSA) is 71.8 Å². The highest BCUT2D eigenvalue weighted by atomic mass is 32.1. The van der Waals surface area contributed by atoms with Gasteiger partial charge < -0.3 is 10.6 Å². The molecule has 2 aromatic rings. The molecule has 0 unspecified atom stereocenters. The molecule has 0 radical (unpaired) electrons. The van der Waals surface area contributed by atoms with Crippen LogP contribution in [0.3, 0.4) is 0 Å². The van der Waals surface area contributed by atoms with Crippen LogP contribution in [0.4, 0.5) is 10.9 Å². The van der Waals surface area contributed by atoms with Gasteiger partial charge in [-0.2, -0.15) is 5.10 Å². The van der Waals surface area contributed by atoms with Crippen molar-refractivity contribution in [3.63, 3.8) is 0 Å². The summed E-state index contributed by atoms with van der Waals surface area (Å²) in [6.45, 7) is 0. The van der Waals surface area contributed by atoms with Crippen LogP contribution in [0.15, 0.2) is 18.5 Å². The lowest BCUT2D eigenvalue weighted by molar-refractivity contribution is 0.0955. The minimum Gasteiger partial charge on any atom is -0.349 e. The maximum Gasteiger partial charge on any atom is 0.263 e. The van der Waals surface area contributed by atoms with E-state index in [0.717, 1.165) is 18.7 Å². The zero-order valence-electron chi connectivity index (χ0n) is 9.88. The maximum absolute atomic E-state index is 11.8. The van der Waals surface area contributed by atoms with Crippen molar-refractivity contribution >= 4 is 28.2 Å². The first-order valence-electron chi connectivity index (χ1n) is 5.74. The van der Waals surface area contributed by atoms with Crippen molar-refractivity contribution in [3.8, 4) is 0 Å². The zero-order valence-corrected chi connectivity index (χ0v) is 10.7. The van der Waals surface area contributed by atoms with Gasteiger partial charge in [-0.1, -0.05) is 11.3 Å². The van der Waals surface area contributed by atoms with Crippen molar-refractivity contribution in [1.29, 1.82) is 0 Å². The van der Waals surface area contributed by atoms with Gasteiger partial charge in [0.05, 0.1) is 12.4 Å². The SMILES string of the molecule is Cn1nccc1Nc1ncc(C(=O)NC2CC2)s1. The molecule has 94 valence electrons. The van der Waals surface area contributed by atoms with Gasteiger partial charge in [0, 0.05) is 19.2 Å². The molecule has 18 heavy (non-hydrogen) atoms. The summed E-state index contributed by atoms with van der Waals surface area (Å²) >= 11 is 1.34. The van der Waals surface area contributed by atoms with E-state index in [9.17, 15) is 4.79 Å². The molecule has 3 rings (SSSR count). The van der Waals surface area contributed by atoms with Crippen LogP contribution in [0.2, 0.25) is 0 Å². The van der Waals surface area contributed by atoms with Gasteiger partial charge in [-0.3, -0.25) is 9.48 Å². The number of carbonyl (C=O) groups excluding carboxylic acids is 1. The van der Waals surface area contributed by atoms with E-state index in [1.165, 1.54) is 11.3 Å². The molecule has 1 fully saturated rings. The molecule has 2 aromatic heterocycles. The average molecular weight is 263 g/mol. The lowest BCUT2D eigenvalue weighted by atomic mass is 10.5. The normalized spacial score (nSPS) is 14.5. The fourth-order valence-electron chi connectivity index (χ4n) is 1.53. The summed E-state index contributed by atoms with van der Waals surface area (Å²) in [4.78, 5) is 16.6. The third-order valence-corrected chi connectivity index (χ3v) is 3.61. The van der Waals surface area contributed by atoms with E-state index in [4.69, 9.17) is 0 Å². The molecule has 7 heteroatoms. The van der Waals surface area contributed by atoms with E-state index in [-0.39, 0.29) is 5.91 Å². The summed E-state index contributed by atoms with van der Waals surface area (Å²) in [5.74, 6) is 0.812. The fraction of sp³-hybridized carbons (Fsp3) is 0.364. The van der Waals surface area contributed by atoms with Crippen molar-refractivity contribution in [3.05, 3.63) is 23.3 Å². The van der Waals surface area contributed by atoms with E-state index in [2.05, 4.69) is 20.7 Å². The zero-order chi connectivity index (χ0) is 12.5. The molecule has 1 saturated carbocycles. The molecule has 6 nitrogen and oxygen atoms in total. The number of carbonyl (C=O) groups is 1. The van der Waals surface area contributed by atoms with Gasteiger partial charge in [0.2, 0.25) is 0 Å². The number of hydrogen-bond donors (Lipinski definition) is 2. The quantitative estimate of drug-likeness (QED) is 0.877. The van der Waals surface area contributed by atoms with E-state index < -0.39 is 0 Å². The molecule has 0 atom stereocenters. The Kier molecular flexibility index (Phi) is 2.75. The Balaban J connectivity index is 1.69. The minimum atomic E-state index is -0.0342. The Labute approximate surface area is 108 Å². The Hall–Kier alpha value is -1.89. The highest BCUT2D eigenvalue weighted by molar-refractivity contribution is 7.17. The number of hydrogen-bond acceptors (Lipinski definition) is 5. The number of thiazole rings is 1. The smallest absolute Gasteiger partial charge is 0.263 e. The highest BCUT2D eigenvalue weighted by Crippen LogP contribution is 2.24. The molecule has 1 aliphatic rings. The third-order valence-electron chi connectivity index (χ3n) is 2.70. The summed E-state index contributed by atoms with van der Waals surface area (Å²) in [6.07, 6.45) is 5.48. The largest absolute Gasteiger partial charge is 0.349 e. The predicted molar refractivity (Wildman–Crippen MR) is 69.1 cm³/mol. The molecule has 0 aromatic carbocycles. The molecule has 2 heterocycles. The molecule has 2 N–H and O–H groups in total. The first-order chi connectivity index (χ1) is 8.72. The average Bonchev–Trinajstić information content (AvgIpc) is 2.88. The fourth-order valence-corrected chi connectivity index (χ4v) is 2.25. The van der Waals surface area contributed by atoms with Crippen LogP contribution in [-0.4, -0.2) is 26.7 Å². The Morgan fingerprint density at radius 2 is 2.39 bits per heavy atom. The van der Waals surface area contributed by atoms with Gasteiger partial charge in [0.15, 0.2) is 5.13 Å². The van der Waals surface area contributed by atoms with Crippen LogP contribution in [0.5, 0.6) is 0 Å². The van der Waals surface area contributed by atoms with E-state index in [0.29, 0.717) is 16.1 Å². The number of nitrogens with one attached hydrogen (secondary N) is 2. The van der Waals surface area contributed by atoms with E-state index in [1.54, 1.807) is 17.1 Å². The van der Waals surface area contributed by atoms with Gasteiger partial charge in [0.1, 0.15) is 10.7 Å². The Bertz CT molecular complexity index is 572. The first kappa shape index (κ1) is 11.2. The van der Waals surface area contributed by atoms with Crippen molar-refractivity contribution < 1.29 is 4.79 Å². The second-order valence-corrected chi connectivity index (χ2v) is 5.27. The summed E-state index contributed by atoms with van der Waals surface area (Å²) in [6, 6.07) is 2.22. The summed E-state index contributed by atoms with van der Waals surface area (Å²) in [5, 5.41) is 10.8. The molecular weight excluding hydrogens is 250 g/mol. The van der Waals surface area contributed by atoms with E-state index in [1.807, 2.05) is 13.1 Å². The number of amides is 1. The maximum atomic E-state index is 11.8. The number of aromatic nitrogens is 3. The molecule has 0 spiro atoms.